The third-order valence-electron chi connectivity index (χ3n) is 8.23. The van der Waals surface area contributed by atoms with E-state index in [1.807, 2.05) is 30.9 Å². The average molecular weight is 562 g/mol. The van der Waals surface area contributed by atoms with E-state index in [4.69, 9.17) is 4.98 Å². The fourth-order valence-corrected chi connectivity index (χ4v) is 6.08. The molecule has 8 rings (SSSR count). The van der Waals surface area contributed by atoms with E-state index in [1.54, 1.807) is 0 Å². The van der Waals surface area contributed by atoms with Crippen molar-refractivity contribution in [2.75, 3.05) is 0 Å². The lowest BCUT2D eigenvalue weighted by molar-refractivity contribution is 1.32. The van der Waals surface area contributed by atoms with Crippen LogP contribution in [0.3, 0.4) is 0 Å². The normalized spacial score (nSPS) is 11.2. The molecule has 0 spiro atoms. The number of rotatable bonds is 5. The van der Waals surface area contributed by atoms with Crippen molar-refractivity contribution in [3.8, 4) is 55.9 Å². The fraction of sp³-hybridized carbons (Fsp3) is 0. The van der Waals surface area contributed by atoms with Crippen LogP contribution in [0.5, 0.6) is 0 Å². The maximum atomic E-state index is 5.34. The number of hydrogen-bond donors (Lipinski definition) is 0. The summed E-state index contributed by atoms with van der Waals surface area (Å²) in [4.78, 5) is 14.0. The molecule has 0 amide bonds. The van der Waals surface area contributed by atoms with Crippen molar-refractivity contribution in [2.24, 2.45) is 0 Å². The minimum Gasteiger partial charge on any atom is -0.265 e. The van der Waals surface area contributed by atoms with Crippen LogP contribution in [0.25, 0.3) is 77.4 Å². The number of aromatic nitrogens is 3. The van der Waals surface area contributed by atoms with E-state index in [9.17, 15) is 0 Å². The summed E-state index contributed by atoms with van der Waals surface area (Å²) in [6, 6.07) is 49.4. The van der Waals surface area contributed by atoms with E-state index in [0.29, 0.717) is 0 Å². The van der Waals surface area contributed by atoms with Crippen LogP contribution in [0.4, 0.5) is 0 Å². The summed E-state index contributed by atoms with van der Waals surface area (Å²) in [5, 5.41) is 4.76. The van der Waals surface area contributed by atoms with Gasteiger partial charge in [0, 0.05) is 41.5 Å². The second kappa shape index (κ2) is 11.0. The fourth-order valence-electron chi connectivity index (χ4n) is 6.08. The van der Waals surface area contributed by atoms with Crippen LogP contribution in [0.1, 0.15) is 0 Å². The van der Waals surface area contributed by atoms with Crippen molar-refractivity contribution in [2.45, 2.75) is 0 Å². The van der Waals surface area contributed by atoms with Gasteiger partial charge in [0.2, 0.25) is 0 Å². The molecule has 3 heteroatoms. The number of pyridine rings is 3. The van der Waals surface area contributed by atoms with Gasteiger partial charge < -0.3 is 0 Å². The Morgan fingerprint density at radius 1 is 0.341 bits per heavy atom. The Bertz CT molecular complexity index is 2110. The molecule has 0 saturated heterocycles. The first-order chi connectivity index (χ1) is 21.8. The Balaban J connectivity index is 1.41. The van der Waals surface area contributed by atoms with Gasteiger partial charge in [-0.25, -0.2) is 4.98 Å². The zero-order valence-electron chi connectivity index (χ0n) is 23.9. The first-order valence-corrected chi connectivity index (χ1v) is 14.7. The highest BCUT2D eigenvalue weighted by molar-refractivity contribution is 5.99. The molecule has 44 heavy (non-hydrogen) atoms. The lowest BCUT2D eigenvalue weighted by Crippen LogP contribution is -1.94. The Morgan fingerprint density at radius 2 is 0.864 bits per heavy atom. The highest BCUT2D eigenvalue weighted by Crippen LogP contribution is 2.38. The van der Waals surface area contributed by atoms with Gasteiger partial charge in [-0.3, -0.25) is 9.97 Å². The topological polar surface area (TPSA) is 38.7 Å². The number of hydrogen-bond acceptors (Lipinski definition) is 3. The van der Waals surface area contributed by atoms with Crippen LogP contribution in [0.2, 0.25) is 0 Å². The molecule has 5 aromatic carbocycles. The minimum atomic E-state index is 0.944. The number of benzene rings is 5. The summed E-state index contributed by atoms with van der Waals surface area (Å²) in [6.07, 6.45) is 7.42. The zero-order valence-corrected chi connectivity index (χ0v) is 23.9. The van der Waals surface area contributed by atoms with Gasteiger partial charge in [0.1, 0.15) is 0 Å². The van der Waals surface area contributed by atoms with Crippen LogP contribution in [0.15, 0.2) is 164 Å². The van der Waals surface area contributed by atoms with Crippen molar-refractivity contribution >= 4 is 21.5 Å². The predicted octanol–water partition coefficient (Wildman–Crippen LogP) is 10.5. The average Bonchev–Trinajstić information content (AvgIpc) is 3.11. The largest absolute Gasteiger partial charge is 0.265 e. The smallest absolute Gasteiger partial charge is 0.0721 e. The van der Waals surface area contributed by atoms with Gasteiger partial charge in [-0.1, -0.05) is 91.0 Å². The molecule has 0 saturated carbocycles. The summed E-state index contributed by atoms with van der Waals surface area (Å²) in [5.41, 5.74) is 10.8. The van der Waals surface area contributed by atoms with Crippen LogP contribution >= 0.6 is 0 Å². The molecule has 0 aliphatic carbocycles. The Kier molecular flexibility index (Phi) is 6.47. The van der Waals surface area contributed by atoms with Crippen molar-refractivity contribution in [3.05, 3.63) is 164 Å². The SMILES string of the molecule is c1cncc(-c2cc(-c3ccncc3)cc(-c3cc(-c4cccc5ccccc45)nc(-c4cccc5ccccc45)c3)c2)c1. The molecule has 0 aliphatic heterocycles. The summed E-state index contributed by atoms with van der Waals surface area (Å²) in [6.45, 7) is 0. The standard InChI is InChI=1S/C41H27N3/c1-3-13-36-29(8-1)10-5-15-38(36)40-25-35(26-41(44-40)39-16-6-11-30-9-2-4-14-37(30)39)34-23-32(28-17-20-42-21-18-28)22-33(24-34)31-12-7-19-43-27-31/h1-27H. The quantitative estimate of drug-likeness (QED) is 0.210. The van der Waals surface area contributed by atoms with Crippen molar-refractivity contribution in [1.82, 2.24) is 15.0 Å². The van der Waals surface area contributed by atoms with Crippen molar-refractivity contribution in [3.63, 3.8) is 0 Å². The van der Waals surface area contributed by atoms with Gasteiger partial charge in [-0.15, -0.1) is 0 Å². The summed E-state index contributed by atoms with van der Waals surface area (Å²) >= 11 is 0. The Labute approximate surface area is 256 Å². The first-order valence-electron chi connectivity index (χ1n) is 14.7. The van der Waals surface area contributed by atoms with Crippen molar-refractivity contribution < 1.29 is 0 Å². The molecule has 3 heterocycles. The monoisotopic (exact) mass is 561 g/mol. The summed E-state index contributed by atoms with van der Waals surface area (Å²) < 4.78 is 0. The van der Waals surface area contributed by atoms with Gasteiger partial charge >= 0.3 is 0 Å². The maximum absolute atomic E-state index is 5.34. The molecule has 0 N–H and O–H groups in total. The van der Waals surface area contributed by atoms with Gasteiger partial charge in [0.05, 0.1) is 11.4 Å². The number of fused-ring (bicyclic) bond motifs is 2. The lowest BCUT2D eigenvalue weighted by Gasteiger charge is -2.15. The molecule has 206 valence electrons. The first kappa shape index (κ1) is 25.8. The number of nitrogens with zero attached hydrogens (tertiary/aromatic N) is 3. The molecule has 0 atom stereocenters. The highest BCUT2D eigenvalue weighted by Gasteiger charge is 2.15. The van der Waals surface area contributed by atoms with E-state index >= 15 is 0 Å². The van der Waals surface area contributed by atoms with Crippen molar-refractivity contribution in [1.29, 1.82) is 0 Å². The van der Waals surface area contributed by atoms with Gasteiger partial charge in [-0.2, -0.15) is 0 Å². The lowest BCUT2D eigenvalue weighted by atomic mass is 9.92. The Hall–Kier alpha value is -5.93. The summed E-state index contributed by atoms with van der Waals surface area (Å²) in [5.74, 6) is 0. The highest BCUT2D eigenvalue weighted by atomic mass is 14.7. The molecule has 0 fully saturated rings. The molecule has 3 nitrogen and oxygen atoms in total. The molecule has 3 aromatic heterocycles. The van der Waals surface area contributed by atoms with E-state index in [1.165, 1.54) is 21.5 Å². The van der Waals surface area contributed by atoms with Gasteiger partial charge in [-0.05, 0) is 97.9 Å². The molecule has 0 radical (unpaired) electrons. The molecule has 0 aliphatic rings. The predicted molar refractivity (Wildman–Crippen MR) is 182 cm³/mol. The van der Waals surface area contributed by atoms with E-state index in [-0.39, 0.29) is 0 Å². The molecular formula is C41H27N3. The molecule has 8 aromatic rings. The zero-order chi connectivity index (χ0) is 29.3. The van der Waals surface area contributed by atoms with Crippen LogP contribution in [-0.2, 0) is 0 Å². The Morgan fingerprint density at radius 3 is 1.45 bits per heavy atom. The van der Waals surface area contributed by atoms with E-state index in [2.05, 4.69) is 143 Å². The molecule has 0 bridgehead atoms. The second-order valence-electron chi connectivity index (χ2n) is 11.0. The molecular weight excluding hydrogens is 534 g/mol. The third kappa shape index (κ3) is 4.81. The van der Waals surface area contributed by atoms with Gasteiger partial charge in [0.25, 0.3) is 0 Å². The van der Waals surface area contributed by atoms with Crippen LogP contribution < -0.4 is 0 Å². The van der Waals surface area contributed by atoms with Gasteiger partial charge in [0.15, 0.2) is 0 Å². The van der Waals surface area contributed by atoms with E-state index in [0.717, 1.165) is 55.9 Å². The molecule has 0 unspecified atom stereocenters. The van der Waals surface area contributed by atoms with Crippen LogP contribution in [0, 0.1) is 0 Å². The maximum Gasteiger partial charge on any atom is 0.0721 e. The van der Waals surface area contributed by atoms with E-state index < -0.39 is 0 Å². The third-order valence-corrected chi connectivity index (χ3v) is 8.23. The summed E-state index contributed by atoms with van der Waals surface area (Å²) in [7, 11) is 0. The minimum absolute atomic E-state index is 0.944. The second-order valence-corrected chi connectivity index (χ2v) is 11.0. The van der Waals surface area contributed by atoms with Crippen LogP contribution in [-0.4, -0.2) is 15.0 Å².